The molecule has 5 heteroatoms. The first-order chi connectivity index (χ1) is 6.38. The minimum atomic E-state index is -0.128. The third kappa shape index (κ3) is 1.76. The highest BCUT2D eigenvalue weighted by Crippen LogP contribution is 1.99. The van der Waals surface area contributed by atoms with Gasteiger partial charge in [0, 0.05) is 25.8 Å². The molecule has 1 unspecified atom stereocenters. The summed E-state index contributed by atoms with van der Waals surface area (Å²) < 4.78 is 0. The number of hydrogen-bond donors (Lipinski definition) is 3. The van der Waals surface area contributed by atoms with E-state index in [1.807, 2.05) is 0 Å². The first kappa shape index (κ1) is 8.40. The molecule has 2 heterocycles. The second-order valence-corrected chi connectivity index (χ2v) is 3.03. The van der Waals surface area contributed by atoms with Gasteiger partial charge in [-0.3, -0.25) is 9.89 Å². The van der Waals surface area contributed by atoms with Crippen LogP contribution in [0.25, 0.3) is 0 Å². The molecule has 1 saturated heterocycles. The van der Waals surface area contributed by atoms with Gasteiger partial charge < -0.3 is 10.6 Å². The summed E-state index contributed by atoms with van der Waals surface area (Å²) in [4.78, 5) is 11.7. The molecule has 3 N–H and O–H groups in total. The Morgan fingerprint density at radius 1 is 1.54 bits per heavy atom. The summed E-state index contributed by atoms with van der Waals surface area (Å²) in [5.74, 6) is 0.0495. The van der Waals surface area contributed by atoms with Crippen LogP contribution in [0.5, 0.6) is 0 Å². The monoisotopic (exact) mass is 180 g/mol. The molecule has 1 fully saturated rings. The Kier molecular flexibility index (Phi) is 2.37. The summed E-state index contributed by atoms with van der Waals surface area (Å²) in [6, 6.07) is 1.57. The number of rotatable bonds is 2. The van der Waals surface area contributed by atoms with Crippen molar-refractivity contribution in [1.29, 1.82) is 0 Å². The molecule has 1 aliphatic heterocycles. The van der Waals surface area contributed by atoms with Crippen molar-refractivity contribution in [2.24, 2.45) is 0 Å². The van der Waals surface area contributed by atoms with Gasteiger partial charge in [0.2, 0.25) is 5.78 Å². The van der Waals surface area contributed by atoms with Crippen LogP contribution < -0.4 is 10.6 Å². The van der Waals surface area contributed by atoms with Crippen molar-refractivity contribution in [3.05, 3.63) is 18.0 Å². The lowest BCUT2D eigenvalue weighted by Gasteiger charge is -2.22. The molecule has 1 atom stereocenters. The number of aromatic nitrogens is 2. The number of nitrogens with zero attached hydrogens (tertiary/aromatic N) is 1. The molecule has 1 aromatic heterocycles. The van der Waals surface area contributed by atoms with Crippen molar-refractivity contribution in [3.8, 4) is 0 Å². The van der Waals surface area contributed by atoms with E-state index in [-0.39, 0.29) is 11.8 Å². The number of carbonyl (C=O) groups excluding carboxylic acids is 1. The Morgan fingerprint density at radius 2 is 2.46 bits per heavy atom. The predicted octanol–water partition coefficient (Wildman–Crippen LogP) is -0.846. The molecular weight excluding hydrogens is 168 g/mol. The van der Waals surface area contributed by atoms with Crippen molar-refractivity contribution in [2.45, 2.75) is 6.04 Å². The fourth-order valence-corrected chi connectivity index (χ4v) is 1.41. The number of piperazine rings is 1. The molecule has 70 valence electrons. The SMILES string of the molecule is O=C(c1cc[nH]n1)C1CNCCN1. The maximum Gasteiger partial charge on any atom is 0.201 e. The van der Waals surface area contributed by atoms with Crippen LogP contribution in [-0.2, 0) is 0 Å². The lowest BCUT2D eigenvalue weighted by atomic mass is 10.1. The lowest BCUT2D eigenvalue weighted by Crippen LogP contribution is -2.52. The normalized spacial score (nSPS) is 22.9. The molecule has 0 aromatic carbocycles. The van der Waals surface area contributed by atoms with E-state index in [0.29, 0.717) is 12.2 Å². The molecule has 2 rings (SSSR count). The van der Waals surface area contributed by atoms with Crippen LogP contribution in [0.4, 0.5) is 0 Å². The van der Waals surface area contributed by atoms with Crippen molar-refractivity contribution >= 4 is 5.78 Å². The molecule has 0 radical (unpaired) electrons. The van der Waals surface area contributed by atoms with Gasteiger partial charge in [0.25, 0.3) is 0 Å². The van der Waals surface area contributed by atoms with Crippen LogP contribution in [0.15, 0.2) is 12.3 Å². The molecular formula is C8H12N4O. The van der Waals surface area contributed by atoms with E-state index in [1.165, 1.54) is 0 Å². The Morgan fingerprint density at radius 3 is 3.08 bits per heavy atom. The highest BCUT2D eigenvalue weighted by atomic mass is 16.1. The third-order valence-electron chi connectivity index (χ3n) is 2.11. The van der Waals surface area contributed by atoms with E-state index in [0.717, 1.165) is 13.1 Å². The van der Waals surface area contributed by atoms with E-state index in [4.69, 9.17) is 0 Å². The van der Waals surface area contributed by atoms with Crippen molar-refractivity contribution in [2.75, 3.05) is 19.6 Å². The van der Waals surface area contributed by atoms with E-state index < -0.39 is 0 Å². The molecule has 0 aliphatic carbocycles. The van der Waals surface area contributed by atoms with Crippen molar-refractivity contribution < 1.29 is 4.79 Å². The maximum absolute atomic E-state index is 11.7. The van der Waals surface area contributed by atoms with Gasteiger partial charge in [-0.25, -0.2) is 0 Å². The van der Waals surface area contributed by atoms with Gasteiger partial charge in [-0.1, -0.05) is 0 Å². The van der Waals surface area contributed by atoms with Gasteiger partial charge >= 0.3 is 0 Å². The van der Waals surface area contributed by atoms with Crippen LogP contribution in [0.2, 0.25) is 0 Å². The molecule has 5 nitrogen and oxygen atoms in total. The predicted molar refractivity (Wildman–Crippen MR) is 47.6 cm³/mol. The molecule has 1 aromatic rings. The number of hydrogen-bond acceptors (Lipinski definition) is 4. The van der Waals surface area contributed by atoms with Gasteiger partial charge in [-0.05, 0) is 6.07 Å². The highest BCUT2D eigenvalue weighted by molar-refractivity contribution is 5.98. The van der Waals surface area contributed by atoms with Crippen LogP contribution >= 0.6 is 0 Å². The number of Topliss-reactive ketones (excluding diaryl/α,β-unsaturated/α-hetero) is 1. The fourth-order valence-electron chi connectivity index (χ4n) is 1.41. The second kappa shape index (κ2) is 3.68. The minimum Gasteiger partial charge on any atom is -0.313 e. The summed E-state index contributed by atoms with van der Waals surface area (Å²) in [5.41, 5.74) is 0.501. The Bertz CT molecular complexity index is 276. The van der Waals surface area contributed by atoms with Gasteiger partial charge in [0.15, 0.2) is 0 Å². The van der Waals surface area contributed by atoms with Crippen LogP contribution in [0.1, 0.15) is 10.5 Å². The smallest absolute Gasteiger partial charge is 0.201 e. The lowest BCUT2D eigenvalue weighted by molar-refractivity contribution is 0.0929. The number of carbonyl (C=O) groups is 1. The fraction of sp³-hybridized carbons (Fsp3) is 0.500. The van der Waals surface area contributed by atoms with E-state index >= 15 is 0 Å². The van der Waals surface area contributed by atoms with Gasteiger partial charge in [-0.15, -0.1) is 0 Å². The van der Waals surface area contributed by atoms with E-state index in [9.17, 15) is 4.79 Å². The second-order valence-electron chi connectivity index (χ2n) is 3.03. The highest BCUT2D eigenvalue weighted by Gasteiger charge is 2.22. The van der Waals surface area contributed by atoms with Crippen LogP contribution in [0.3, 0.4) is 0 Å². The van der Waals surface area contributed by atoms with Crippen LogP contribution in [-0.4, -0.2) is 41.7 Å². The molecule has 1 aliphatic rings. The van der Waals surface area contributed by atoms with Gasteiger partial charge in [-0.2, -0.15) is 5.10 Å². The topological polar surface area (TPSA) is 69.8 Å². The first-order valence-corrected chi connectivity index (χ1v) is 4.36. The zero-order chi connectivity index (χ0) is 9.10. The Balaban J connectivity index is 2.04. The Hall–Kier alpha value is -1.20. The van der Waals surface area contributed by atoms with Gasteiger partial charge in [0.1, 0.15) is 5.69 Å². The zero-order valence-electron chi connectivity index (χ0n) is 7.21. The summed E-state index contributed by atoms with van der Waals surface area (Å²) in [7, 11) is 0. The number of ketones is 1. The molecule has 13 heavy (non-hydrogen) atoms. The molecule has 0 amide bonds. The summed E-state index contributed by atoms with van der Waals surface area (Å²) in [6.07, 6.45) is 1.66. The van der Waals surface area contributed by atoms with E-state index in [1.54, 1.807) is 12.3 Å². The number of nitrogens with one attached hydrogen (secondary N) is 3. The average Bonchev–Trinajstić information content (AvgIpc) is 2.71. The van der Waals surface area contributed by atoms with E-state index in [2.05, 4.69) is 20.8 Å². The summed E-state index contributed by atoms with van der Waals surface area (Å²) in [6.45, 7) is 2.44. The summed E-state index contributed by atoms with van der Waals surface area (Å²) in [5, 5.41) is 12.8. The van der Waals surface area contributed by atoms with Gasteiger partial charge in [0.05, 0.1) is 6.04 Å². The Labute approximate surface area is 75.9 Å². The van der Waals surface area contributed by atoms with Crippen molar-refractivity contribution in [3.63, 3.8) is 0 Å². The number of H-pyrrole nitrogens is 1. The summed E-state index contributed by atoms with van der Waals surface area (Å²) >= 11 is 0. The minimum absolute atomic E-state index is 0.0495. The quantitative estimate of drug-likeness (QED) is 0.519. The number of aromatic amines is 1. The maximum atomic E-state index is 11.7. The largest absolute Gasteiger partial charge is 0.313 e. The van der Waals surface area contributed by atoms with Crippen molar-refractivity contribution in [1.82, 2.24) is 20.8 Å². The standard InChI is InChI=1S/C8H12N4O/c13-8(6-1-2-11-12-6)7-5-9-3-4-10-7/h1-2,7,9-10H,3-5H2,(H,11,12). The third-order valence-corrected chi connectivity index (χ3v) is 2.11. The first-order valence-electron chi connectivity index (χ1n) is 4.36. The zero-order valence-corrected chi connectivity index (χ0v) is 7.21. The molecule has 0 saturated carbocycles. The average molecular weight is 180 g/mol. The molecule has 0 spiro atoms. The molecule has 0 bridgehead atoms. The van der Waals surface area contributed by atoms with Crippen LogP contribution in [0, 0.1) is 0 Å².